The third-order valence-corrected chi connectivity index (χ3v) is 4.63. The number of nitrogens with one attached hydrogen (secondary N) is 1. The number of aryl methyl sites for hydroxylation is 1. The van der Waals surface area contributed by atoms with Gasteiger partial charge in [0.05, 0.1) is 29.5 Å². The van der Waals surface area contributed by atoms with Crippen LogP contribution in [0.25, 0.3) is 0 Å². The van der Waals surface area contributed by atoms with Crippen LogP contribution in [0, 0.1) is 23.0 Å². The van der Waals surface area contributed by atoms with Crippen LogP contribution < -0.4 is 15.0 Å². The Morgan fingerprint density at radius 1 is 1.26 bits per heavy atom. The van der Waals surface area contributed by atoms with Crippen molar-refractivity contribution < 1.29 is 14.5 Å². The molecule has 0 unspecified atom stereocenters. The third-order valence-electron chi connectivity index (χ3n) is 4.63. The van der Waals surface area contributed by atoms with E-state index in [4.69, 9.17) is 4.74 Å². The minimum atomic E-state index is -0.502. The number of non-ortho nitro benzene ring substituents is 1. The summed E-state index contributed by atoms with van der Waals surface area (Å²) in [5.41, 5.74) is 1.21. The molecule has 1 saturated heterocycles. The van der Waals surface area contributed by atoms with E-state index in [-0.39, 0.29) is 23.3 Å². The molecule has 0 bridgehead atoms. The molecule has 9 heteroatoms. The molecular formula is C18H21N5O4. The summed E-state index contributed by atoms with van der Waals surface area (Å²) in [6, 6.07) is 7.99. The lowest BCUT2D eigenvalue weighted by molar-refractivity contribution is -0.384. The lowest BCUT2D eigenvalue weighted by atomic mass is 9.95. The molecule has 1 fully saturated rings. The number of methoxy groups -OCH3 is 1. The Bertz CT molecular complexity index is 832. The summed E-state index contributed by atoms with van der Waals surface area (Å²) in [5.74, 6) is 0.831. The number of amides is 1. The van der Waals surface area contributed by atoms with Gasteiger partial charge in [-0.15, -0.1) is 5.10 Å². The summed E-state index contributed by atoms with van der Waals surface area (Å²) in [7, 11) is 1.41. The Hall–Kier alpha value is -3.23. The number of carbonyl (C=O) groups is 1. The normalized spacial score (nSPS) is 14.7. The van der Waals surface area contributed by atoms with Gasteiger partial charge in [-0.1, -0.05) is 0 Å². The standard InChI is InChI=1S/C18H21N5O4/c1-12-3-6-17(21-20-12)22-9-7-13(8-10-22)18(24)19-15-5-4-14(23(25)26)11-16(15)27-2/h3-6,11,13H,7-10H2,1-2H3,(H,19,24). The lowest BCUT2D eigenvalue weighted by Gasteiger charge is -2.31. The average Bonchev–Trinajstić information content (AvgIpc) is 2.68. The maximum absolute atomic E-state index is 12.6. The van der Waals surface area contributed by atoms with Crippen LogP contribution in [0.1, 0.15) is 18.5 Å². The molecule has 1 N–H and O–H groups in total. The summed E-state index contributed by atoms with van der Waals surface area (Å²) < 4.78 is 5.17. The maximum atomic E-state index is 12.6. The van der Waals surface area contributed by atoms with Crippen molar-refractivity contribution in [2.24, 2.45) is 5.92 Å². The van der Waals surface area contributed by atoms with E-state index in [1.54, 1.807) is 0 Å². The van der Waals surface area contributed by atoms with Crippen molar-refractivity contribution >= 4 is 23.1 Å². The molecule has 0 atom stereocenters. The molecule has 0 spiro atoms. The summed E-state index contributed by atoms with van der Waals surface area (Å²) in [6.45, 7) is 3.32. The van der Waals surface area contributed by atoms with Gasteiger partial charge < -0.3 is 15.0 Å². The highest BCUT2D eigenvalue weighted by Crippen LogP contribution is 2.30. The first-order valence-electron chi connectivity index (χ1n) is 8.66. The first kappa shape index (κ1) is 18.6. The maximum Gasteiger partial charge on any atom is 0.273 e. The number of piperidine rings is 1. The second-order valence-electron chi connectivity index (χ2n) is 6.43. The zero-order valence-corrected chi connectivity index (χ0v) is 15.2. The van der Waals surface area contributed by atoms with E-state index >= 15 is 0 Å². The third kappa shape index (κ3) is 4.30. The van der Waals surface area contributed by atoms with E-state index in [0.29, 0.717) is 31.6 Å². The zero-order chi connectivity index (χ0) is 19.4. The first-order chi connectivity index (χ1) is 13.0. The predicted octanol–water partition coefficient (Wildman–Crippen LogP) is 2.56. The Labute approximate surface area is 156 Å². The van der Waals surface area contributed by atoms with Gasteiger partial charge in [0.2, 0.25) is 5.91 Å². The Kier molecular flexibility index (Phi) is 5.49. The fourth-order valence-corrected chi connectivity index (χ4v) is 3.06. The van der Waals surface area contributed by atoms with Crippen LogP contribution in [0.5, 0.6) is 5.75 Å². The summed E-state index contributed by atoms with van der Waals surface area (Å²) in [5, 5.41) is 21.9. The van der Waals surface area contributed by atoms with Crippen molar-refractivity contribution in [3.8, 4) is 5.75 Å². The molecule has 27 heavy (non-hydrogen) atoms. The van der Waals surface area contributed by atoms with Gasteiger partial charge in [-0.3, -0.25) is 14.9 Å². The quantitative estimate of drug-likeness (QED) is 0.635. The van der Waals surface area contributed by atoms with E-state index in [9.17, 15) is 14.9 Å². The molecule has 1 aromatic carbocycles. The van der Waals surface area contributed by atoms with Crippen LogP contribution in [0.2, 0.25) is 0 Å². The van der Waals surface area contributed by atoms with Crippen LogP contribution in [0.3, 0.4) is 0 Å². The second kappa shape index (κ2) is 7.98. The van der Waals surface area contributed by atoms with E-state index in [1.165, 1.54) is 25.3 Å². The fraction of sp³-hybridized carbons (Fsp3) is 0.389. The van der Waals surface area contributed by atoms with Gasteiger partial charge in [-0.25, -0.2) is 0 Å². The number of carbonyl (C=O) groups excluding carboxylic acids is 1. The number of rotatable bonds is 5. The molecule has 1 aromatic heterocycles. The lowest BCUT2D eigenvalue weighted by Crippen LogP contribution is -2.38. The molecule has 2 aromatic rings. The zero-order valence-electron chi connectivity index (χ0n) is 15.2. The molecule has 142 valence electrons. The number of hydrogen-bond acceptors (Lipinski definition) is 7. The highest BCUT2D eigenvalue weighted by atomic mass is 16.6. The topological polar surface area (TPSA) is 110 Å². The number of nitro benzene ring substituents is 1. The molecule has 3 rings (SSSR count). The van der Waals surface area contributed by atoms with Crippen molar-refractivity contribution in [2.45, 2.75) is 19.8 Å². The van der Waals surface area contributed by atoms with Gasteiger partial charge in [-0.05, 0) is 38.0 Å². The van der Waals surface area contributed by atoms with Gasteiger partial charge in [0.15, 0.2) is 5.82 Å². The molecule has 9 nitrogen and oxygen atoms in total. The van der Waals surface area contributed by atoms with E-state index < -0.39 is 4.92 Å². The van der Waals surface area contributed by atoms with Crippen molar-refractivity contribution in [2.75, 3.05) is 30.4 Å². The molecular weight excluding hydrogens is 350 g/mol. The molecule has 0 saturated carbocycles. The van der Waals surface area contributed by atoms with Gasteiger partial charge in [0, 0.05) is 25.1 Å². The molecule has 0 radical (unpaired) electrons. The summed E-state index contributed by atoms with van der Waals surface area (Å²) in [4.78, 5) is 25.1. The first-order valence-corrected chi connectivity index (χ1v) is 8.66. The molecule has 1 amide bonds. The highest BCUT2D eigenvalue weighted by molar-refractivity contribution is 5.94. The number of nitro groups is 1. The summed E-state index contributed by atoms with van der Waals surface area (Å²) in [6.07, 6.45) is 1.38. The van der Waals surface area contributed by atoms with E-state index in [0.717, 1.165) is 11.5 Å². The number of nitrogens with zero attached hydrogens (tertiary/aromatic N) is 4. The van der Waals surface area contributed by atoms with E-state index in [1.807, 2.05) is 19.1 Å². The van der Waals surface area contributed by atoms with Crippen LogP contribution in [-0.4, -0.2) is 41.2 Å². The largest absolute Gasteiger partial charge is 0.494 e. The molecule has 1 aliphatic heterocycles. The fourth-order valence-electron chi connectivity index (χ4n) is 3.06. The van der Waals surface area contributed by atoms with Gasteiger partial charge in [0.25, 0.3) is 5.69 Å². The van der Waals surface area contributed by atoms with Crippen LogP contribution in [0.4, 0.5) is 17.2 Å². The second-order valence-corrected chi connectivity index (χ2v) is 6.43. The average molecular weight is 371 g/mol. The molecule has 2 heterocycles. The van der Waals surface area contributed by atoms with Crippen LogP contribution in [-0.2, 0) is 4.79 Å². The number of benzene rings is 1. The van der Waals surface area contributed by atoms with Gasteiger partial charge in [-0.2, -0.15) is 5.10 Å². The summed E-state index contributed by atoms with van der Waals surface area (Å²) >= 11 is 0. The number of hydrogen-bond donors (Lipinski definition) is 1. The monoisotopic (exact) mass is 371 g/mol. The Morgan fingerprint density at radius 2 is 2.00 bits per heavy atom. The van der Waals surface area contributed by atoms with Crippen LogP contribution in [0.15, 0.2) is 30.3 Å². The van der Waals surface area contributed by atoms with Crippen LogP contribution >= 0.6 is 0 Å². The van der Waals surface area contributed by atoms with Gasteiger partial charge >= 0.3 is 0 Å². The van der Waals surface area contributed by atoms with Crippen molar-refractivity contribution in [1.82, 2.24) is 10.2 Å². The Balaban J connectivity index is 1.61. The van der Waals surface area contributed by atoms with E-state index in [2.05, 4.69) is 20.4 Å². The van der Waals surface area contributed by atoms with Crippen molar-refractivity contribution in [3.05, 3.63) is 46.1 Å². The highest BCUT2D eigenvalue weighted by Gasteiger charge is 2.26. The van der Waals surface area contributed by atoms with Gasteiger partial charge in [0.1, 0.15) is 5.75 Å². The minimum absolute atomic E-state index is 0.0858. The number of ether oxygens (including phenoxy) is 1. The molecule has 0 aliphatic carbocycles. The number of aromatic nitrogens is 2. The smallest absolute Gasteiger partial charge is 0.273 e. The SMILES string of the molecule is COc1cc([N+](=O)[O-])ccc1NC(=O)C1CCN(c2ccc(C)nn2)CC1. The van der Waals surface area contributed by atoms with Crippen molar-refractivity contribution in [1.29, 1.82) is 0 Å². The predicted molar refractivity (Wildman–Crippen MR) is 100.0 cm³/mol. The minimum Gasteiger partial charge on any atom is -0.494 e. The Morgan fingerprint density at radius 3 is 2.59 bits per heavy atom. The van der Waals surface area contributed by atoms with Crippen molar-refractivity contribution in [3.63, 3.8) is 0 Å². The number of anilines is 2. The molecule has 1 aliphatic rings.